The zero-order valence-electron chi connectivity index (χ0n) is 18.6. The molecule has 1 heterocycles. The molecule has 0 aromatic heterocycles. The number of halogens is 2. The number of amides is 4. The van der Waals surface area contributed by atoms with Crippen LogP contribution in [-0.4, -0.2) is 24.5 Å². The average Bonchev–Trinajstić information content (AvgIpc) is 2.81. The van der Waals surface area contributed by atoms with Crippen LogP contribution >= 0.6 is 23.2 Å². The second kappa shape index (κ2) is 10.6. The number of benzene rings is 3. The first kappa shape index (κ1) is 24.3. The minimum Gasteiger partial charge on any atom is -0.490 e. The third-order valence-corrected chi connectivity index (χ3v) is 5.50. The first-order valence-electron chi connectivity index (χ1n) is 10.7. The molecule has 0 radical (unpaired) electrons. The van der Waals surface area contributed by atoms with Crippen LogP contribution in [-0.2, 0) is 16.2 Å². The van der Waals surface area contributed by atoms with Gasteiger partial charge in [0.05, 0.1) is 12.3 Å². The molecule has 0 spiro atoms. The Hall–Kier alpha value is -3.81. The Morgan fingerprint density at radius 2 is 1.63 bits per heavy atom. The topological polar surface area (TPSA) is 84.9 Å². The van der Waals surface area contributed by atoms with E-state index >= 15 is 0 Å². The average molecular weight is 511 g/mol. The smallest absolute Gasteiger partial charge is 0.335 e. The van der Waals surface area contributed by atoms with Gasteiger partial charge < -0.3 is 9.47 Å². The van der Waals surface area contributed by atoms with Crippen molar-refractivity contribution in [1.82, 2.24) is 5.32 Å². The third kappa shape index (κ3) is 5.65. The molecular formula is C26H20Cl2N2O5. The molecule has 9 heteroatoms. The molecule has 178 valence electrons. The van der Waals surface area contributed by atoms with Gasteiger partial charge in [0, 0.05) is 10.0 Å². The number of rotatable bonds is 7. The third-order valence-electron chi connectivity index (χ3n) is 5.03. The molecule has 1 fully saturated rings. The fourth-order valence-electron chi connectivity index (χ4n) is 3.46. The van der Waals surface area contributed by atoms with E-state index in [0.717, 1.165) is 10.5 Å². The highest BCUT2D eigenvalue weighted by Gasteiger charge is 2.36. The van der Waals surface area contributed by atoms with E-state index < -0.39 is 17.8 Å². The quantitative estimate of drug-likeness (QED) is 0.328. The lowest BCUT2D eigenvalue weighted by molar-refractivity contribution is -0.122. The summed E-state index contributed by atoms with van der Waals surface area (Å²) in [6.45, 7) is 2.49. The molecule has 4 amide bonds. The van der Waals surface area contributed by atoms with Crippen LogP contribution in [0.5, 0.6) is 11.5 Å². The van der Waals surface area contributed by atoms with Crippen LogP contribution in [0.2, 0.25) is 10.0 Å². The molecular weight excluding hydrogens is 491 g/mol. The molecule has 3 aromatic rings. The molecule has 0 saturated carbocycles. The van der Waals surface area contributed by atoms with Gasteiger partial charge in [-0.2, -0.15) is 0 Å². The van der Waals surface area contributed by atoms with Crippen LogP contribution < -0.4 is 19.7 Å². The van der Waals surface area contributed by atoms with E-state index in [-0.39, 0.29) is 17.9 Å². The number of nitrogens with one attached hydrogen (secondary N) is 1. The molecule has 7 nitrogen and oxygen atoms in total. The number of hydrogen-bond donors (Lipinski definition) is 1. The number of anilines is 1. The molecule has 35 heavy (non-hydrogen) atoms. The summed E-state index contributed by atoms with van der Waals surface area (Å²) in [6, 6.07) is 17.7. The molecule has 4 rings (SSSR count). The summed E-state index contributed by atoms with van der Waals surface area (Å²) < 4.78 is 11.6. The van der Waals surface area contributed by atoms with Gasteiger partial charge in [-0.25, -0.2) is 9.69 Å². The highest BCUT2D eigenvalue weighted by Crippen LogP contribution is 2.31. The summed E-state index contributed by atoms with van der Waals surface area (Å²) in [6.07, 6.45) is 1.39. The Balaban J connectivity index is 1.61. The van der Waals surface area contributed by atoms with E-state index in [2.05, 4.69) is 5.32 Å². The highest BCUT2D eigenvalue weighted by atomic mass is 35.5. The predicted molar refractivity (Wildman–Crippen MR) is 134 cm³/mol. The summed E-state index contributed by atoms with van der Waals surface area (Å²) in [5.41, 5.74) is 1.45. The van der Waals surface area contributed by atoms with E-state index in [1.807, 2.05) is 19.1 Å². The van der Waals surface area contributed by atoms with Crippen molar-refractivity contribution < 1.29 is 23.9 Å². The molecule has 3 aromatic carbocycles. The summed E-state index contributed by atoms with van der Waals surface area (Å²) in [4.78, 5) is 38.8. The lowest BCUT2D eigenvalue weighted by atomic mass is 10.1. The van der Waals surface area contributed by atoms with Gasteiger partial charge in [0.25, 0.3) is 11.8 Å². The van der Waals surface area contributed by atoms with Gasteiger partial charge in [0.15, 0.2) is 11.5 Å². The maximum absolute atomic E-state index is 13.1. The van der Waals surface area contributed by atoms with Gasteiger partial charge in [-0.1, -0.05) is 47.5 Å². The number of imide groups is 2. The number of ether oxygens (including phenoxy) is 2. The van der Waals surface area contributed by atoms with Gasteiger partial charge in [-0.3, -0.25) is 14.9 Å². The molecule has 1 aliphatic rings. The number of carbonyl (C=O) groups is 3. The second-order valence-electron chi connectivity index (χ2n) is 7.50. The van der Waals surface area contributed by atoms with Crippen molar-refractivity contribution in [2.45, 2.75) is 13.5 Å². The number of barbiturate groups is 1. The number of urea groups is 1. The Labute approximate surface area is 211 Å². The van der Waals surface area contributed by atoms with Crippen LogP contribution in [0.25, 0.3) is 6.08 Å². The Bertz CT molecular complexity index is 1340. The van der Waals surface area contributed by atoms with Gasteiger partial charge >= 0.3 is 6.03 Å². The summed E-state index contributed by atoms with van der Waals surface area (Å²) in [5, 5.41) is 3.15. The molecule has 0 bridgehead atoms. The van der Waals surface area contributed by atoms with Crippen molar-refractivity contribution >= 4 is 52.8 Å². The van der Waals surface area contributed by atoms with E-state index in [1.165, 1.54) is 12.1 Å². The fourth-order valence-corrected chi connectivity index (χ4v) is 3.86. The predicted octanol–water partition coefficient (Wildman–Crippen LogP) is 5.64. The minimum absolute atomic E-state index is 0.209. The van der Waals surface area contributed by atoms with Gasteiger partial charge in [-0.05, 0) is 66.6 Å². The standard InChI is InChI=1S/C26H20Cl2N2O5/c1-2-34-23-13-16(9-10-22(23)35-15-17-5-3-6-18(27)11-17)12-21-24(31)29-26(33)30(25(21)32)20-8-4-7-19(28)14-20/h3-14H,2,15H2,1H3,(H,29,31,33)/b21-12+. The maximum atomic E-state index is 13.1. The largest absolute Gasteiger partial charge is 0.490 e. The molecule has 0 aliphatic carbocycles. The maximum Gasteiger partial charge on any atom is 0.335 e. The normalized spacial score (nSPS) is 14.8. The lowest BCUT2D eigenvalue weighted by Gasteiger charge is -2.26. The Morgan fingerprint density at radius 3 is 2.34 bits per heavy atom. The Morgan fingerprint density at radius 1 is 0.886 bits per heavy atom. The molecule has 1 N–H and O–H groups in total. The molecule has 1 saturated heterocycles. The number of hydrogen-bond acceptors (Lipinski definition) is 5. The monoisotopic (exact) mass is 510 g/mol. The van der Waals surface area contributed by atoms with Crippen molar-refractivity contribution in [3.05, 3.63) is 93.5 Å². The van der Waals surface area contributed by atoms with Crippen LogP contribution in [0.1, 0.15) is 18.1 Å². The van der Waals surface area contributed by atoms with Gasteiger partial charge in [0.2, 0.25) is 0 Å². The molecule has 0 unspecified atom stereocenters. The van der Waals surface area contributed by atoms with Crippen molar-refractivity contribution in [2.75, 3.05) is 11.5 Å². The van der Waals surface area contributed by atoms with E-state index in [9.17, 15) is 14.4 Å². The van der Waals surface area contributed by atoms with Gasteiger partial charge in [0.1, 0.15) is 12.2 Å². The van der Waals surface area contributed by atoms with Crippen molar-refractivity contribution in [3.8, 4) is 11.5 Å². The summed E-state index contributed by atoms with van der Waals surface area (Å²) in [5.74, 6) is -0.628. The summed E-state index contributed by atoms with van der Waals surface area (Å²) in [7, 11) is 0. The van der Waals surface area contributed by atoms with Crippen molar-refractivity contribution in [3.63, 3.8) is 0 Å². The molecule has 0 atom stereocenters. The first-order valence-corrected chi connectivity index (χ1v) is 11.4. The zero-order valence-corrected chi connectivity index (χ0v) is 20.1. The van der Waals surface area contributed by atoms with Crippen LogP contribution in [0, 0.1) is 0 Å². The van der Waals surface area contributed by atoms with Gasteiger partial charge in [-0.15, -0.1) is 0 Å². The number of nitrogens with zero attached hydrogens (tertiary/aromatic N) is 1. The first-order chi connectivity index (χ1) is 16.9. The highest BCUT2D eigenvalue weighted by molar-refractivity contribution is 6.39. The van der Waals surface area contributed by atoms with Crippen molar-refractivity contribution in [1.29, 1.82) is 0 Å². The van der Waals surface area contributed by atoms with E-state index in [1.54, 1.807) is 48.5 Å². The fraction of sp³-hybridized carbons (Fsp3) is 0.115. The van der Waals surface area contributed by atoms with Crippen LogP contribution in [0.15, 0.2) is 72.3 Å². The summed E-state index contributed by atoms with van der Waals surface area (Å²) >= 11 is 12.0. The van der Waals surface area contributed by atoms with E-state index in [0.29, 0.717) is 33.7 Å². The van der Waals surface area contributed by atoms with Crippen LogP contribution in [0.4, 0.5) is 10.5 Å². The molecule has 1 aliphatic heterocycles. The minimum atomic E-state index is -0.848. The second-order valence-corrected chi connectivity index (χ2v) is 8.37. The van der Waals surface area contributed by atoms with E-state index in [4.69, 9.17) is 32.7 Å². The van der Waals surface area contributed by atoms with Crippen LogP contribution in [0.3, 0.4) is 0 Å². The number of carbonyl (C=O) groups excluding carboxylic acids is 3. The Kier molecular flexibility index (Phi) is 7.39. The SMILES string of the molecule is CCOc1cc(/C=C2\C(=O)NC(=O)N(c3cccc(Cl)c3)C2=O)ccc1OCc1cccc(Cl)c1. The lowest BCUT2D eigenvalue weighted by Crippen LogP contribution is -2.54. The zero-order chi connectivity index (χ0) is 24.9. The van der Waals surface area contributed by atoms with Crippen molar-refractivity contribution in [2.24, 2.45) is 0 Å².